The molecular weight excluding hydrogens is 212 g/mol. The van der Waals surface area contributed by atoms with Crippen LogP contribution in [-0.2, 0) is 4.79 Å². The van der Waals surface area contributed by atoms with Gasteiger partial charge in [-0.1, -0.05) is 0 Å². The van der Waals surface area contributed by atoms with Crippen molar-refractivity contribution in [2.24, 2.45) is 0 Å². The average molecular weight is 222 g/mol. The van der Waals surface area contributed by atoms with Gasteiger partial charge in [0.1, 0.15) is 6.04 Å². The Morgan fingerprint density at radius 1 is 1.56 bits per heavy atom. The fraction of sp³-hybridized carbons (Fsp3) is 0.333. The normalized spacial score (nSPS) is 19.9. The van der Waals surface area contributed by atoms with E-state index >= 15 is 0 Å². The molecule has 1 aliphatic heterocycles. The third-order valence-electron chi connectivity index (χ3n) is 2.33. The molecule has 1 aromatic rings. The monoisotopic (exact) mass is 222 g/mol. The van der Waals surface area contributed by atoms with Crippen LogP contribution in [0.3, 0.4) is 0 Å². The lowest BCUT2D eigenvalue weighted by Gasteiger charge is -2.14. The zero-order chi connectivity index (χ0) is 11.5. The fourth-order valence-corrected chi connectivity index (χ4v) is 1.62. The van der Waals surface area contributed by atoms with E-state index in [1.807, 2.05) is 0 Å². The Labute approximate surface area is 91.1 Å². The highest BCUT2D eigenvalue weighted by atomic mass is 16.4. The smallest absolute Gasteiger partial charge is 0.405 e. The predicted octanol–water partition coefficient (Wildman–Crippen LogP) is -0.151. The molecule has 0 unspecified atom stereocenters. The molecule has 2 N–H and O–H groups in total. The van der Waals surface area contributed by atoms with E-state index in [1.165, 1.54) is 23.5 Å². The molecule has 0 spiro atoms. The van der Waals surface area contributed by atoms with Gasteiger partial charge in [-0.15, -0.1) is 0 Å². The van der Waals surface area contributed by atoms with Crippen LogP contribution in [0.5, 0.6) is 0 Å². The quantitative estimate of drug-likeness (QED) is 0.725. The highest BCUT2D eigenvalue weighted by Crippen LogP contribution is 2.17. The first-order chi connectivity index (χ1) is 7.68. The Morgan fingerprint density at radius 3 is 3.00 bits per heavy atom. The highest BCUT2D eigenvalue weighted by molar-refractivity contribution is 5.99. The summed E-state index contributed by atoms with van der Waals surface area (Å²) in [7, 11) is 0. The molecule has 0 aromatic carbocycles. The van der Waals surface area contributed by atoms with Crippen LogP contribution in [0.15, 0.2) is 18.6 Å². The summed E-state index contributed by atoms with van der Waals surface area (Å²) in [4.78, 5) is 31.5. The first-order valence-electron chi connectivity index (χ1n) is 4.75. The van der Waals surface area contributed by atoms with Crippen molar-refractivity contribution in [3.8, 4) is 0 Å². The minimum absolute atomic E-state index is 0.289. The molecule has 1 saturated heterocycles. The van der Waals surface area contributed by atoms with E-state index in [0.717, 1.165) is 0 Å². The molecular formula is C9H10N4O3. The van der Waals surface area contributed by atoms with Gasteiger partial charge in [-0.3, -0.25) is 14.7 Å². The van der Waals surface area contributed by atoms with Crippen molar-refractivity contribution < 1.29 is 14.7 Å². The number of amides is 2. The summed E-state index contributed by atoms with van der Waals surface area (Å²) in [5, 5.41) is 10.7. The lowest BCUT2D eigenvalue weighted by Crippen LogP contribution is -2.41. The van der Waals surface area contributed by atoms with E-state index < -0.39 is 12.1 Å². The van der Waals surface area contributed by atoms with E-state index in [2.05, 4.69) is 15.3 Å². The van der Waals surface area contributed by atoms with Gasteiger partial charge in [0.2, 0.25) is 0 Å². The average Bonchev–Trinajstić information content (AvgIpc) is 2.61. The van der Waals surface area contributed by atoms with Gasteiger partial charge in [0.25, 0.3) is 5.91 Å². The number of aromatic nitrogens is 2. The third kappa shape index (κ3) is 1.92. The van der Waals surface area contributed by atoms with Crippen LogP contribution >= 0.6 is 0 Å². The van der Waals surface area contributed by atoms with Crippen LogP contribution < -0.4 is 10.2 Å². The molecule has 0 radical (unpaired) electrons. The Kier molecular flexibility index (Phi) is 2.67. The molecule has 7 nitrogen and oxygen atoms in total. The lowest BCUT2D eigenvalue weighted by molar-refractivity contribution is -0.118. The number of anilines is 1. The van der Waals surface area contributed by atoms with Crippen molar-refractivity contribution in [3.63, 3.8) is 0 Å². The predicted molar refractivity (Wildman–Crippen MR) is 54.0 cm³/mol. The number of nitrogens with zero attached hydrogens (tertiary/aromatic N) is 3. The molecule has 1 aliphatic rings. The molecule has 84 valence electrons. The van der Waals surface area contributed by atoms with Crippen molar-refractivity contribution in [3.05, 3.63) is 18.6 Å². The molecule has 1 aromatic heterocycles. The van der Waals surface area contributed by atoms with Gasteiger partial charge in [0.05, 0.1) is 6.20 Å². The Balaban J connectivity index is 2.11. The summed E-state index contributed by atoms with van der Waals surface area (Å²) in [6.07, 6.45) is 3.72. The molecule has 1 atom stereocenters. The fourth-order valence-electron chi connectivity index (χ4n) is 1.62. The van der Waals surface area contributed by atoms with Gasteiger partial charge in [0, 0.05) is 18.9 Å². The molecule has 0 bridgehead atoms. The summed E-state index contributed by atoms with van der Waals surface area (Å²) in [5.74, 6) is 0.157. The van der Waals surface area contributed by atoms with Crippen LogP contribution in [0, 0.1) is 0 Å². The molecule has 0 aliphatic carbocycles. The van der Waals surface area contributed by atoms with Crippen LogP contribution in [0.1, 0.15) is 6.42 Å². The van der Waals surface area contributed by atoms with Crippen molar-refractivity contribution in [2.45, 2.75) is 12.5 Å². The Morgan fingerprint density at radius 2 is 2.38 bits per heavy atom. The summed E-state index contributed by atoms with van der Waals surface area (Å²) < 4.78 is 0. The molecule has 2 heterocycles. The number of carboxylic acid groups (broad SMARTS) is 1. The number of carbonyl (C=O) groups is 2. The van der Waals surface area contributed by atoms with Crippen LogP contribution in [0.2, 0.25) is 0 Å². The van der Waals surface area contributed by atoms with Gasteiger partial charge >= 0.3 is 6.09 Å². The van der Waals surface area contributed by atoms with Crippen LogP contribution in [-0.4, -0.2) is 39.7 Å². The van der Waals surface area contributed by atoms with Gasteiger partial charge in [-0.2, -0.15) is 0 Å². The summed E-state index contributed by atoms with van der Waals surface area (Å²) in [6, 6.07) is -0.681. The van der Waals surface area contributed by atoms with Crippen LogP contribution in [0.25, 0.3) is 0 Å². The minimum Gasteiger partial charge on any atom is -0.465 e. The van der Waals surface area contributed by atoms with E-state index in [9.17, 15) is 9.59 Å². The molecule has 2 amide bonds. The number of nitrogens with one attached hydrogen (secondary N) is 1. The molecule has 7 heteroatoms. The number of rotatable bonds is 2. The van der Waals surface area contributed by atoms with E-state index in [4.69, 9.17) is 5.11 Å². The maximum atomic E-state index is 11.8. The maximum absolute atomic E-state index is 11.8. The van der Waals surface area contributed by atoms with E-state index in [-0.39, 0.29) is 5.91 Å². The number of hydrogen-bond donors (Lipinski definition) is 2. The second-order valence-electron chi connectivity index (χ2n) is 3.34. The third-order valence-corrected chi connectivity index (χ3v) is 2.33. The van der Waals surface area contributed by atoms with Crippen LogP contribution in [0.4, 0.5) is 10.6 Å². The van der Waals surface area contributed by atoms with Gasteiger partial charge in [0.15, 0.2) is 5.82 Å². The minimum atomic E-state index is -1.20. The molecule has 2 rings (SSSR count). The zero-order valence-corrected chi connectivity index (χ0v) is 8.33. The molecule has 16 heavy (non-hydrogen) atoms. The molecule has 1 fully saturated rings. The second kappa shape index (κ2) is 4.13. The second-order valence-corrected chi connectivity index (χ2v) is 3.34. The first-order valence-corrected chi connectivity index (χ1v) is 4.75. The Hall–Kier alpha value is -2.18. The summed E-state index contributed by atoms with van der Waals surface area (Å²) >= 11 is 0. The van der Waals surface area contributed by atoms with Gasteiger partial charge in [-0.25, -0.2) is 9.78 Å². The summed E-state index contributed by atoms with van der Waals surface area (Å²) in [6.45, 7) is 0.447. The first kappa shape index (κ1) is 10.3. The lowest BCUT2D eigenvalue weighted by atomic mass is 10.2. The zero-order valence-electron chi connectivity index (χ0n) is 8.33. The van der Waals surface area contributed by atoms with Crippen molar-refractivity contribution in [1.29, 1.82) is 0 Å². The van der Waals surface area contributed by atoms with Crippen molar-refractivity contribution in [2.75, 3.05) is 11.4 Å². The number of carbonyl (C=O) groups excluding carboxylic acids is 1. The van der Waals surface area contributed by atoms with E-state index in [0.29, 0.717) is 18.8 Å². The largest absolute Gasteiger partial charge is 0.465 e. The summed E-state index contributed by atoms with van der Waals surface area (Å²) in [5.41, 5.74) is 0. The molecule has 0 saturated carbocycles. The van der Waals surface area contributed by atoms with Gasteiger partial charge in [-0.05, 0) is 6.42 Å². The van der Waals surface area contributed by atoms with Gasteiger partial charge < -0.3 is 10.4 Å². The number of hydrogen-bond acceptors (Lipinski definition) is 4. The highest BCUT2D eigenvalue weighted by Gasteiger charge is 2.34. The van der Waals surface area contributed by atoms with E-state index in [1.54, 1.807) is 0 Å². The SMILES string of the molecule is O=C(O)N[C@H]1CCN(c2cnccn2)C1=O. The maximum Gasteiger partial charge on any atom is 0.405 e. The Bertz CT molecular complexity index is 408. The van der Waals surface area contributed by atoms with Crippen molar-refractivity contribution in [1.82, 2.24) is 15.3 Å². The standard InChI is InChI=1S/C9H10N4O3/c14-8-6(12-9(15)16)1-4-13(8)7-5-10-2-3-11-7/h2-3,5-6,12H,1,4H2,(H,15,16)/t6-/m0/s1. The van der Waals surface area contributed by atoms with Crippen molar-refractivity contribution >= 4 is 17.8 Å². The topological polar surface area (TPSA) is 95.4 Å².